The molecule has 9 heteroatoms. The van der Waals surface area contributed by atoms with Crippen LogP contribution in [0.4, 0.5) is 11.4 Å². The summed E-state index contributed by atoms with van der Waals surface area (Å²) < 4.78 is 6.92. The molecule has 0 bridgehead atoms. The molecule has 0 spiro atoms. The highest BCUT2D eigenvalue weighted by Crippen LogP contribution is 2.28. The third-order valence-electron chi connectivity index (χ3n) is 4.04. The number of carbonyl (C=O) groups excluding carboxylic acids is 2. The van der Waals surface area contributed by atoms with Crippen LogP contribution in [0.1, 0.15) is 28.8 Å². The number of hydrogen-bond donors (Lipinski definition) is 2. The van der Waals surface area contributed by atoms with Crippen molar-refractivity contribution in [2.45, 2.75) is 20.8 Å². The number of anilines is 2. The van der Waals surface area contributed by atoms with Crippen molar-refractivity contribution in [3.8, 4) is 11.6 Å². The van der Waals surface area contributed by atoms with Crippen LogP contribution in [0.2, 0.25) is 5.02 Å². The average Bonchev–Trinajstić information content (AvgIpc) is 3.01. The minimum atomic E-state index is -0.479. The molecular formula is C20H20ClN5O3. The highest BCUT2D eigenvalue weighted by molar-refractivity contribution is 6.34. The molecule has 0 saturated heterocycles. The number of ether oxygens (including phenoxy) is 1. The molecule has 2 amide bonds. The summed E-state index contributed by atoms with van der Waals surface area (Å²) in [6.07, 6.45) is 0. The molecule has 150 valence electrons. The summed E-state index contributed by atoms with van der Waals surface area (Å²) in [4.78, 5) is 28.4. The van der Waals surface area contributed by atoms with E-state index in [0.29, 0.717) is 22.9 Å². The van der Waals surface area contributed by atoms with Gasteiger partial charge >= 0.3 is 0 Å². The molecule has 0 saturated carbocycles. The van der Waals surface area contributed by atoms with Gasteiger partial charge in [-0.1, -0.05) is 11.6 Å². The fourth-order valence-electron chi connectivity index (χ4n) is 2.82. The van der Waals surface area contributed by atoms with E-state index in [1.807, 2.05) is 19.9 Å². The van der Waals surface area contributed by atoms with Crippen molar-refractivity contribution in [3.05, 3.63) is 58.5 Å². The highest BCUT2D eigenvalue weighted by Gasteiger charge is 2.16. The van der Waals surface area contributed by atoms with E-state index in [4.69, 9.17) is 16.3 Å². The van der Waals surface area contributed by atoms with Crippen LogP contribution < -0.4 is 15.4 Å². The number of benzene rings is 1. The van der Waals surface area contributed by atoms with Crippen LogP contribution in [0, 0.1) is 13.8 Å². The standard InChI is InChI=1S/C20H20ClN5O3/c1-11-9-12(2)26(25-11)18-8-6-15(21)19(24-18)20(28)23-14-5-7-16(22-13(3)27)17(10-14)29-4/h5-10H,1-4H3,(H,22,27)(H,23,28). The Balaban J connectivity index is 1.88. The van der Waals surface area contributed by atoms with Gasteiger partial charge in [0, 0.05) is 24.4 Å². The summed E-state index contributed by atoms with van der Waals surface area (Å²) in [5, 5.41) is 10.00. The van der Waals surface area contributed by atoms with E-state index in [0.717, 1.165) is 11.4 Å². The number of aromatic nitrogens is 3. The number of methoxy groups -OCH3 is 1. The van der Waals surface area contributed by atoms with E-state index < -0.39 is 5.91 Å². The second-order valence-corrected chi connectivity index (χ2v) is 6.80. The fourth-order valence-corrected chi connectivity index (χ4v) is 3.01. The van der Waals surface area contributed by atoms with Gasteiger partial charge in [0.1, 0.15) is 11.4 Å². The summed E-state index contributed by atoms with van der Waals surface area (Å²) >= 11 is 6.21. The molecule has 0 radical (unpaired) electrons. The first-order chi connectivity index (χ1) is 13.8. The van der Waals surface area contributed by atoms with E-state index in [9.17, 15) is 9.59 Å². The van der Waals surface area contributed by atoms with Crippen LogP contribution in [0.25, 0.3) is 5.82 Å². The van der Waals surface area contributed by atoms with Crippen molar-refractivity contribution >= 4 is 34.8 Å². The van der Waals surface area contributed by atoms with Crippen LogP contribution in [-0.4, -0.2) is 33.7 Å². The second-order valence-electron chi connectivity index (χ2n) is 6.39. The van der Waals surface area contributed by atoms with Gasteiger partial charge in [0.05, 0.1) is 23.5 Å². The maximum Gasteiger partial charge on any atom is 0.275 e. The maximum absolute atomic E-state index is 12.8. The Morgan fingerprint density at radius 2 is 1.86 bits per heavy atom. The monoisotopic (exact) mass is 413 g/mol. The fraction of sp³-hybridized carbons (Fsp3) is 0.200. The summed E-state index contributed by atoms with van der Waals surface area (Å²) in [5.41, 5.74) is 2.77. The molecular weight excluding hydrogens is 394 g/mol. The molecule has 3 rings (SSSR count). The van der Waals surface area contributed by atoms with Gasteiger partial charge in [-0.05, 0) is 44.2 Å². The first-order valence-electron chi connectivity index (χ1n) is 8.75. The minimum absolute atomic E-state index is 0.0709. The molecule has 1 aromatic carbocycles. The third kappa shape index (κ3) is 4.55. The average molecular weight is 414 g/mol. The molecule has 3 aromatic rings. The van der Waals surface area contributed by atoms with E-state index in [1.54, 1.807) is 35.0 Å². The molecule has 0 aliphatic carbocycles. The zero-order valence-corrected chi connectivity index (χ0v) is 17.2. The predicted octanol–water partition coefficient (Wildman–Crippen LogP) is 3.76. The molecule has 0 aliphatic heterocycles. The van der Waals surface area contributed by atoms with Crippen LogP contribution >= 0.6 is 11.6 Å². The molecule has 0 unspecified atom stereocenters. The molecule has 29 heavy (non-hydrogen) atoms. The molecule has 2 heterocycles. The van der Waals surface area contributed by atoms with Crippen LogP contribution in [0.15, 0.2) is 36.4 Å². The minimum Gasteiger partial charge on any atom is -0.494 e. The van der Waals surface area contributed by atoms with Crippen molar-refractivity contribution in [1.82, 2.24) is 14.8 Å². The van der Waals surface area contributed by atoms with Crippen molar-refractivity contribution in [2.24, 2.45) is 0 Å². The van der Waals surface area contributed by atoms with E-state index in [2.05, 4.69) is 20.7 Å². The normalized spacial score (nSPS) is 10.5. The topological polar surface area (TPSA) is 98.1 Å². The number of halogens is 1. The number of nitrogens with one attached hydrogen (secondary N) is 2. The van der Waals surface area contributed by atoms with Gasteiger partial charge in [0.2, 0.25) is 5.91 Å². The van der Waals surface area contributed by atoms with Gasteiger partial charge in [-0.2, -0.15) is 5.10 Å². The Kier molecular flexibility index (Phi) is 5.84. The van der Waals surface area contributed by atoms with Gasteiger partial charge in [-0.3, -0.25) is 9.59 Å². The van der Waals surface area contributed by atoms with E-state index in [1.165, 1.54) is 14.0 Å². The van der Waals surface area contributed by atoms with Gasteiger partial charge in [-0.15, -0.1) is 0 Å². The van der Waals surface area contributed by atoms with E-state index >= 15 is 0 Å². The lowest BCUT2D eigenvalue weighted by molar-refractivity contribution is -0.114. The third-order valence-corrected chi connectivity index (χ3v) is 4.35. The van der Waals surface area contributed by atoms with Crippen molar-refractivity contribution < 1.29 is 14.3 Å². The molecule has 0 atom stereocenters. The number of aryl methyl sites for hydroxylation is 2. The highest BCUT2D eigenvalue weighted by atomic mass is 35.5. The van der Waals surface area contributed by atoms with Gasteiger partial charge in [0.15, 0.2) is 5.82 Å². The number of hydrogen-bond acceptors (Lipinski definition) is 5. The lowest BCUT2D eigenvalue weighted by Crippen LogP contribution is -2.16. The second kappa shape index (κ2) is 8.32. The Hall–Kier alpha value is -3.39. The summed E-state index contributed by atoms with van der Waals surface area (Å²) in [5.74, 6) is 0.196. The zero-order valence-electron chi connectivity index (χ0n) is 16.4. The Morgan fingerprint density at radius 3 is 2.48 bits per heavy atom. The number of carbonyl (C=O) groups is 2. The van der Waals surface area contributed by atoms with Gasteiger partial charge in [0.25, 0.3) is 5.91 Å². The Morgan fingerprint density at radius 1 is 1.10 bits per heavy atom. The lowest BCUT2D eigenvalue weighted by Gasteiger charge is -2.12. The van der Waals surface area contributed by atoms with Crippen LogP contribution in [0.3, 0.4) is 0 Å². The largest absolute Gasteiger partial charge is 0.494 e. The first-order valence-corrected chi connectivity index (χ1v) is 9.13. The quantitative estimate of drug-likeness (QED) is 0.663. The number of amides is 2. The summed E-state index contributed by atoms with van der Waals surface area (Å²) in [6.45, 7) is 5.18. The number of rotatable bonds is 5. The molecule has 0 fully saturated rings. The van der Waals surface area contributed by atoms with Crippen molar-refractivity contribution in [3.63, 3.8) is 0 Å². The molecule has 2 aromatic heterocycles. The predicted molar refractivity (Wildman–Crippen MR) is 111 cm³/mol. The number of pyridine rings is 1. The molecule has 8 nitrogen and oxygen atoms in total. The molecule has 0 aliphatic rings. The van der Waals surface area contributed by atoms with Gasteiger partial charge < -0.3 is 15.4 Å². The zero-order chi connectivity index (χ0) is 21.1. The molecule has 2 N–H and O–H groups in total. The van der Waals surface area contributed by atoms with E-state index in [-0.39, 0.29) is 16.6 Å². The Bertz CT molecular complexity index is 1090. The number of nitrogens with zero attached hydrogens (tertiary/aromatic N) is 3. The van der Waals surface area contributed by atoms with Crippen molar-refractivity contribution in [1.29, 1.82) is 0 Å². The summed E-state index contributed by atoms with van der Waals surface area (Å²) in [6, 6.07) is 10.1. The maximum atomic E-state index is 12.8. The van der Waals surface area contributed by atoms with Gasteiger partial charge in [-0.25, -0.2) is 9.67 Å². The summed E-state index contributed by atoms with van der Waals surface area (Å²) in [7, 11) is 1.47. The smallest absolute Gasteiger partial charge is 0.275 e. The lowest BCUT2D eigenvalue weighted by atomic mass is 10.2. The van der Waals surface area contributed by atoms with Crippen LogP contribution in [-0.2, 0) is 4.79 Å². The van der Waals surface area contributed by atoms with Crippen LogP contribution in [0.5, 0.6) is 5.75 Å². The first kappa shape index (κ1) is 20.3. The SMILES string of the molecule is COc1cc(NC(=O)c2nc(-n3nc(C)cc3C)ccc2Cl)ccc1NC(C)=O. The Labute approximate surface area is 172 Å². The van der Waals surface area contributed by atoms with Crippen molar-refractivity contribution in [2.75, 3.05) is 17.7 Å².